The second-order valence-corrected chi connectivity index (χ2v) is 20.1. The number of allylic oxidation sites excluding steroid dienone is 7. The zero-order chi connectivity index (χ0) is 55.7. The highest BCUT2D eigenvalue weighted by molar-refractivity contribution is 5.86. The molecule has 10 rings (SSSR count). The molecule has 0 saturated carbocycles. The zero-order valence-corrected chi connectivity index (χ0v) is 48.0. The standard InChI is InChI=1S/C28H24.C14H14.C14H16.C12H14.C10H14/c1-2-11-21-18-19-25-24-16-9-10-17-26(24)28(27(25)20-21,22-12-5-3-6-13-22)23-14-7-4-8-15-23;1-11-3-7-13(8-4-11)14-9-5-12(2)6-10-14;1-4-6-13(7-5-2)14-10-8-12(3)9-11-14;1-4-10(3)12-9-7-6-8-11(12)5-2;1-3-9(2)10-7-5-4-6-8-10/h3-10,12-20H,2,11H2,1H3;3-10H,1-2H3;4-11H,1H2,2-3H3;4-9H,2H2,1,3H3;4-9H,3H2,1-2H3/b;;7-5-,13-6+;10-4-;. The number of benzene rings is 9. The summed E-state index contributed by atoms with van der Waals surface area (Å²) in [5.41, 5.74) is 23.5. The summed E-state index contributed by atoms with van der Waals surface area (Å²) in [6.45, 7) is 26.7. The number of fused-ring (bicyclic) bond motifs is 3. The maximum absolute atomic E-state index is 3.78. The Kier molecular flexibility index (Phi) is 23.0. The number of aryl methyl sites for hydroxylation is 4. The first-order chi connectivity index (χ1) is 38.0. The molecule has 0 saturated heterocycles. The van der Waals surface area contributed by atoms with E-state index in [-0.39, 0.29) is 5.41 Å². The first-order valence-electron chi connectivity index (χ1n) is 27.9. The van der Waals surface area contributed by atoms with Gasteiger partial charge in [0.25, 0.3) is 0 Å². The van der Waals surface area contributed by atoms with Gasteiger partial charge in [-0.3, -0.25) is 0 Å². The molecule has 0 heteroatoms. The predicted molar refractivity (Wildman–Crippen MR) is 344 cm³/mol. The topological polar surface area (TPSA) is 0 Å². The van der Waals surface area contributed by atoms with E-state index in [1.807, 2.05) is 37.3 Å². The average Bonchev–Trinajstić information content (AvgIpc) is 4.03. The summed E-state index contributed by atoms with van der Waals surface area (Å²) in [6, 6.07) is 82.7. The Morgan fingerprint density at radius 1 is 0.526 bits per heavy atom. The molecular weight excluding hydrogens is 937 g/mol. The van der Waals surface area contributed by atoms with Gasteiger partial charge in [0.1, 0.15) is 0 Å². The lowest BCUT2D eigenvalue weighted by Crippen LogP contribution is -2.28. The summed E-state index contributed by atoms with van der Waals surface area (Å²) in [6.07, 6.45) is 15.5. The summed E-state index contributed by atoms with van der Waals surface area (Å²) in [4.78, 5) is 0. The lowest BCUT2D eigenvalue weighted by Gasteiger charge is -2.34. The molecule has 0 radical (unpaired) electrons. The molecule has 0 nitrogen and oxygen atoms in total. The smallest absolute Gasteiger partial charge is 0.0713 e. The molecule has 0 fully saturated rings. The fourth-order valence-electron chi connectivity index (χ4n) is 9.94. The van der Waals surface area contributed by atoms with Gasteiger partial charge in [-0.05, 0) is 144 Å². The van der Waals surface area contributed by atoms with E-state index in [9.17, 15) is 0 Å². The third-order valence-corrected chi connectivity index (χ3v) is 14.5. The quantitative estimate of drug-likeness (QED) is 0.107. The van der Waals surface area contributed by atoms with E-state index < -0.39 is 0 Å². The van der Waals surface area contributed by atoms with Gasteiger partial charge >= 0.3 is 0 Å². The van der Waals surface area contributed by atoms with E-state index in [0.29, 0.717) is 5.92 Å². The summed E-state index contributed by atoms with van der Waals surface area (Å²) >= 11 is 0. The Hall–Kier alpha value is -8.32. The average molecular weight is 1020 g/mol. The second-order valence-electron chi connectivity index (χ2n) is 20.1. The van der Waals surface area contributed by atoms with E-state index in [1.165, 1.54) is 107 Å². The van der Waals surface area contributed by atoms with Gasteiger partial charge in [0.05, 0.1) is 5.41 Å². The number of rotatable bonds is 12. The Bertz CT molecular complexity index is 3240. The number of hydrogen-bond donors (Lipinski definition) is 0. The minimum absolute atomic E-state index is 0.266. The molecule has 1 atom stereocenters. The van der Waals surface area contributed by atoms with Crippen LogP contribution in [0.25, 0.3) is 39.5 Å². The Balaban J connectivity index is 0.000000169. The van der Waals surface area contributed by atoms with Crippen molar-refractivity contribution in [3.8, 4) is 22.3 Å². The molecule has 9 aromatic carbocycles. The molecule has 78 heavy (non-hydrogen) atoms. The predicted octanol–water partition coefficient (Wildman–Crippen LogP) is 22.1. The maximum atomic E-state index is 3.78. The van der Waals surface area contributed by atoms with Gasteiger partial charge in [-0.25, -0.2) is 0 Å². The molecule has 0 N–H and O–H groups in total. The summed E-state index contributed by atoms with van der Waals surface area (Å²) in [5.74, 6) is 0.709. The van der Waals surface area contributed by atoms with Crippen molar-refractivity contribution in [2.24, 2.45) is 0 Å². The van der Waals surface area contributed by atoms with Crippen LogP contribution in [-0.4, -0.2) is 0 Å². The van der Waals surface area contributed by atoms with Gasteiger partial charge < -0.3 is 0 Å². The maximum Gasteiger partial charge on any atom is 0.0713 e. The number of hydrogen-bond acceptors (Lipinski definition) is 0. The van der Waals surface area contributed by atoms with Gasteiger partial charge in [0, 0.05) is 0 Å². The minimum Gasteiger partial charge on any atom is -0.0990 e. The van der Waals surface area contributed by atoms with Crippen molar-refractivity contribution in [3.05, 3.63) is 341 Å². The highest BCUT2D eigenvalue weighted by Gasteiger charge is 2.45. The van der Waals surface area contributed by atoms with Gasteiger partial charge in [-0.2, -0.15) is 0 Å². The van der Waals surface area contributed by atoms with Crippen LogP contribution in [0.3, 0.4) is 0 Å². The van der Waals surface area contributed by atoms with Crippen LogP contribution < -0.4 is 0 Å². The minimum atomic E-state index is -0.266. The van der Waals surface area contributed by atoms with Crippen LogP contribution in [0, 0.1) is 20.8 Å². The van der Waals surface area contributed by atoms with Crippen LogP contribution in [0.1, 0.15) is 127 Å². The van der Waals surface area contributed by atoms with Crippen molar-refractivity contribution >= 4 is 17.2 Å². The van der Waals surface area contributed by atoms with Crippen molar-refractivity contribution in [1.82, 2.24) is 0 Å². The molecule has 0 aliphatic heterocycles. The van der Waals surface area contributed by atoms with Crippen molar-refractivity contribution in [2.45, 2.75) is 92.9 Å². The van der Waals surface area contributed by atoms with Gasteiger partial charge in [0.15, 0.2) is 0 Å². The van der Waals surface area contributed by atoms with Crippen LogP contribution in [-0.2, 0) is 11.8 Å². The van der Waals surface area contributed by atoms with Gasteiger partial charge in [-0.15, -0.1) is 0 Å². The van der Waals surface area contributed by atoms with Gasteiger partial charge in [-0.1, -0.05) is 324 Å². The first-order valence-corrected chi connectivity index (χ1v) is 27.9. The van der Waals surface area contributed by atoms with Crippen LogP contribution in [0.2, 0.25) is 0 Å². The largest absolute Gasteiger partial charge is 0.0990 e. The van der Waals surface area contributed by atoms with Crippen molar-refractivity contribution in [1.29, 1.82) is 0 Å². The lowest BCUT2D eigenvalue weighted by molar-refractivity contribution is 0.733. The van der Waals surface area contributed by atoms with Crippen LogP contribution >= 0.6 is 0 Å². The van der Waals surface area contributed by atoms with E-state index in [1.54, 1.807) is 0 Å². The second kappa shape index (κ2) is 30.4. The molecule has 1 aliphatic rings. The molecule has 9 aromatic rings. The molecule has 394 valence electrons. The fourth-order valence-corrected chi connectivity index (χ4v) is 9.94. The van der Waals surface area contributed by atoms with Gasteiger partial charge in [0.2, 0.25) is 0 Å². The Labute approximate surface area is 470 Å². The highest BCUT2D eigenvalue weighted by atomic mass is 14.5. The Morgan fingerprint density at radius 3 is 1.51 bits per heavy atom. The van der Waals surface area contributed by atoms with Crippen LogP contribution in [0.5, 0.6) is 0 Å². The molecule has 0 bridgehead atoms. The fraction of sp³-hybridized carbons (Fsp3) is 0.179. The molecule has 1 unspecified atom stereocenters. The van der Waals surface area contributed by atoms with Crippen LogP contribution in [0.15, 0.2) is 274 Å². The van der Waals surface area contributed by atoms with Crippen LogP contribution in [0.4, 0.5) is 0 Å². The third kappa shape index (κ3) is 15.4. The molecule has 0 spiro atoms. The SMILES string of the molecule is C=C/C=C(\C=C/C)c1ccc(C)cc1.C=Cc1ccccc1/C(C)=C\C.CCC(C)c1ccccc1.CCCc1ccc2c(c1)C(c1ccccc1)(c1ccccc1)c1ccccc1-2.Cc1ccc(-c2ccc(C)cc2)cc1. The van der Waals surface area contributed by atoms with Crippen molar-refractivity contribution in [3.63, 3.8) is 0 Å². The van der Waals surface area contributed by atoms with E-state index in [2.05, 4.69) is 305 Å². The van der Waals surface area contributed by atoms with E-state index in [4.69, 9.17) is 0 Å². The zero-order valence-electron chi connectivity index (χ0n) is 48.0. The van der Waals surface area contributed by atoms with E-state index in [0.717, 1.165) is 12.8 Å². The summed E-state index contributed by atoms with van der Waals surface area (Å²) in [5, 5.41) is 0. The summed E-state index contributed by atoms with van der Waals surface area (Å²) < 4.78 is 0. The normalized spacial score (nSPS) is 12.3. The molecule has 0 aromatic heterocycles. The first kappa shape index (κ1) is 58.9. The molecule has 0 amide bonds. The van der Waals surface area contributed by atoms with Crippen molar-refractivity contribution < 1.29 is 0 Å². The van der Waals surface area contributed by atoms with Crippen molar-refractivity contribution in [2.75, 3.05) is 0 Å². The monoisotopic (exact) mass is 1020 g/mol. The molecule has 0 heterocycles. The molecular formula is C78H82. The van der Waals surface area contributed by atoms with E-state index >= 15 is 0 Å². The lowest BCUT2D eigenvalue weighted by atomic mass is 9.67. The molecule has 1 aliphatic carbocycles. The third-order valence-electron chi connectivity index (χ3n) is 14.5. The Morgan fingerprint density at radius 2 is 1.01 bits per heavy atom. The highest BCUT2D eigenvalue weighted by Crippen LogP contribution is 2.56. The summed E-state index contributed by atoms with van der Waals surface area (Å²) in [7, 11) is 0.